The van der Waals surface area contributed by atoms with Gasteiger partial charge in [-0.1, -0.05) is 0 Å². The van der Waals surface area contributed by atoms with Crippen LogP contribution in [0.4, 0.5) is 0 Å². The standard InChI is InChI=1S/C19H24N4O4/c24-19(16-15(12-4-5-12)20-11-26-16)23-8-2-1-3-14(23)18-22-21-17(27-18)13-6-9-25-10-7-13/h11-14H,1-10H2/t14-/m0/s1. The number of carbonyl (C=O) groups is 1. The molecule has 0 spiro atoms. The van der Waals surface area contributed by atoms with Gasteiger partial charge in [0.15, 0.2) is 6.39 Å². The van der Waals surface area contributed by atoms with Gasteiger partial charge in [-0.15, -0.1) is 10.2 Å². The van der Waals surface area contributed by atoms with E-state index >= 15 is 0 Å². The highest BCUT2D eigenvalue weighted by molar-refractivity contribution is 5.93. The van der Waals surface area contributed by atoms with Crippen molar-refractivity contribution in [3.05, 3.63) is 29.6 Å². The van der Waals surface area contributed by atoms with Crippen LogP contribution in [-0.2, 0) is 4.74 Å². The smallest absolute Gasteiger partial charge is 0.292 e. The fraction of sp³-hybridized carbons (Fsp3) is 0.684. The lowest BCUT2D eigenvalue weighted by molar-refractivity contribution is 0.0529. The van der Waals surface area contributed by atoms with Crippen LogP contribution in [0.1, 0.15) is 90.9 Å². The molecule has 0 radical (unpaired) electrons. The van der Waals surface area contributed by atoms with Crippen LogP contribution < -0.4 is 0 Å². The van der Waals surface area contributed by atoms with Crippen LogP contribution in [0.3, 0.4) is 0 Å². The zero-order valence-electron chi connectivity index (χ0n) is 15.3. The lowest BCUT2D eigenvalue weighted by Gasteiger charge is -2.33. The van der Waals surface area contributed by atoms with Crippen LogP contribution in [0.25, 0.3) is 0 Å². The monoisotopic (exact) mass is 372 g/mol. The maximum Gasteiger partial charge on any atom is 0.292 e. The molecule has 144 valence electrons. The van der Waals surface area contributed by atoms with Gasteiger partial charge in [0.2, 0.25) is 17.5 Å². The lowest BCUT2D eigenvalue weighted by Crippen LogP contribution is -2.39. The van der Waals surface area contributed by atoms with Crippen molar-refractivity contribution in [1.82, 2.24) is 20.1 Å². The Kier molecular flexibility index (Phi) is 4.43. The van der Waals surface area contributed by atoms with Crippen molar-refractivity contribution in [1.29, 1.82) is 0 Å². The molecule has 8 nitrogen and oxygen atoms in total. The highest BCUT2D eigenvalue weighted by atomic mass is 16.5. The molecule has 0 aromatic carbocycles. The normalized spacial score (nSPS) is 24.3. The van der Waals surface area contributed by atoms with E-state index in [1.54, 1.807) is 0 Å². The molecule has 5 rings (SSSR count). The van der Waals surface area contributed by atoms with Crippen LogP contribution in [0.2, 0.25) is 0 Å². The van der Waals surface area contributed by atoms with Gasteiger partial charge in [-0.3, -0.25) is 4.79 Å². The number of amides is 1. The average molecular weight is 372 g/mol. The molecule has 1 aliphatic carbocycles. The van der Waals surface area contributed by atoms with Crippen molar-refractivity contribution >= 4 is 5.91 Å². The van der Waals surface area contributed by atoms with Crippen molar-refractivity contribution in [2.75, 3.05) is 19.8 Å². The Morgan fingerprint density at radius 2 is 1.81 bits per heavy atom. The molecule has 2 aliphatic heterocycles. The number of aromatic nitrogens is 3. The predicted molar refractivity (Wildman–Crippen MR) is 93.2 cm³/mol. The third kappa shape index (κ3) is 3.26. The van der Waals surface area contributed by atoms with Crippen molar-refractivity contribution in [2.24, 2.45) is 0 Å². The molecule has 27 heavy (non-hydrogen) atoms. The number of likely N-dealkylation sites (tertiary alicyclic amines) is 1. The van der Waals surface area contributed by atoms with E-state index in [0.29, 0.717) is 30.0 Å². The van der Waals surface area contributed by atoms with Gasteiger partial charge in [-0.2, -0.15) is 0 Å². The first kappa shape index (κ1) is 16.9. The Morgan fingerprint density at radius 3 is 2.63 bits per heavy atom. The summed E-state index contributed by atoms with van der Waals surface area (Å²) in [5.41, 5.74) is 0.803. The second kappa shape index (κ2) is 7.07. The molecule has 3 aliphatic rings. The Balaban J connectivity index is 1.38. The van der Waals surface area contributed by atoms with Crippen molar-refractivity contribution in [3.8, 4) is 0 Å². The third-order valence-electron chi connectivity index (χ3n) is 5.83. The summed E-state index contributed by atoms with van der Waals surface area (Å²) in [5, 5.41) is 8.58. The summed E-state index contributed by atoms with van der Waals surface area (Å²) < 4.78 is 16.9. The first-order valence-electron chi connectivity index (χ1n) is 9.96. The number of hydrogen-bond acceptors (Lipinski definition) is 7. The van der Waals surface area contributed by atoms with E-state index in [-0.39, 0.29) is 17.9 Å². The van der Waals surface area contributed by atoms with Gasteiger partial charge in [0.25, 0.3) is 5.91 Å². The van der Waals surface area contributed by atoms with E-state index in [4.69, 9.17) is 13.6 Å². The zero-order chi connectivity index (χ0) is 18.2. The molecule has 2 aromatic heterocycles. The lowest BCUT2D eigenvalue weighted by atomic mass is 10.0. The highest BCUT2D eigenvalue weighted by Crippen LogP contribution is 2.42. The summed E-state index contributed by atoms with van der Waals surface area (Å²) >= 11 is 0. The van der Waals surface area contributed by atoms with Crippen LogP contribution in [0.5, 0.6) is 0 Å². The minimum Gasteiger partial charge on any atom is -0.438 e. The zero-order valence-corrected chi connectivity index (χ0v) is 15.3. The van der Waals surface area contributed by atoms with Crippen LogP contribution >= 0.6 is 0 Å². The molecular weight excluding hydrogens is 348 g/mol. The number of rotatable bonds is 4. The van der Waals surface area contributed by atoms with Crippen molar-refractivity contribution in [2.45, 2.75) is 62.8 Å². The van der Waals surface area contributed by atoms with Crippen LogP contribution in [0, 0.1) is 0 Å². The van der Waals surface area contributed by atoms with Gasteiger partial charge in [0, 0.05) is 31.6 Å². The van der Waals surface area contributed by atoms with E-state index < -0.39 is 0 Å². The van der Waals surface area contributed by atoms with Gasteiger partial charge in [-0.25, -0.2) is 4.98 Å². The van der Waals surface area contributed by atoms with E-state index in [9.17, 15) is 4.79 Å². The number of nitrogens with zero attached hydrogens (tertiary/aromatic N) is 4. The Morgan fingerprint density at radius 1 is 1.00 bits per heavy atom. The second-order valence-corrected chi connectivity index (χ2v) is 7.72. The van der Waals surface area contributed by atoms with E-state index in [2.05, 4.69) is 15.2 Å². The third-order valence-corrected chi connectivity index (χ3v) is 5.83. The number of carbonyl (C=O) groups excluding carboxylic acids is 1. The number of hydrogen-bond donors (Lipinski definition) is 0. The molecule has 1 saturated carbocycles. The number of oxazole rings is 1. The summed E-state index contributed by atoms with van der Waals surface area (Å²) in [4.78, 5) is 19.3. The number of piperidine rings is 1. The summed E-state index contributed by atoms with van der Waals surface area (Å²) in [6, 6.07) is -0.190. The molecule has 1 amide bonds. The molecule has 0 unspecified atom stereocenters. The van der Waals surface area contributed by atoms with Gasteiger partial charge in [-0.05, 0) is 44.9 Å². The SMILES string of the molecule is O=C(c1ocnc1C1CC1)N1CCCC[C@H]1c1nnc(C2CCOCC2)o1. The van der Waals surface area contributed by atoms with Gasteiger partial charge in [0.05, 0.1) is 5.69 Å². The molecular formula is C19H24N4O4. The highest BCUT2D eigenvalue weighted by Gasteiger charge is 2.38. The van der Waals surface area contributed by atoms with Crippen LogP contribution in [-0.4, -0.2) is 45.7 Å². The maximum atomic E-state index is 13.2. The first-order valence-corrected chi connectivity index (χ1v) is 9.96. The summed E-state index contributed by atoms with van der Waals surface area (Å²) in [5.74, 6) is 2.11. The molecule has 3 fully saturated rings. The topological polar surface area (TPSA) is 94.5 Å². The van der Waals surface area contributed by atoms with Gasteiger partial charge >= 0.3 is 0 Å². The predicted octanol–water partition coefficient (Wildman–Crippen LogP) is 3.20. The van der Waals surface area contributed by atoms with Crippen molar-refractivity contribution in [3.63, 3.8) is 0 Å². The summed E-state index contributed by atoms with van der Waals surface area (Å²) in [6.45, 7) is 2.13. The number of ether oxygens (including phenoxy) is 1. The van der Waals surface area contributed by atoms with Gasteiger partial charge < -0.3 is 18.5 Å². The molecule has 1 atom stereocenters. The van der Waals surface area contributed by atoms with E-state index in [0.717, 1.165) is 63.9 Å². The van der Waals surface area contributed by atoms with Crippen molar-refractivity contribution < 1.29 is 18.4 Å². The minimum absolute atomic E-state index is 0.107. The minimum atomic E-state index is -0.190. The van der Waals surface area contributed by atoms with Crippen LogP contribution in [0.15, 0.2) is 15.2 Å². The maximum absolute atomic E-state index is 13.2. The summed E-state index contributed by atoms with van der Waals surface area (Å²) in [7, 11) is 0. The largest absolute Gasteiger partial charge is 0.438 e. The second-order valence-electron chi connectivity index (χ2n) is 7.72. The average Bonchev–Trinajstić information content (AvgIpc) is 3.25. The van der Waals surface area contributed by atoms with Gasteiger partial charge in [0.1, 0.15) is 6.04 Å². The molecule has 2 saturated heterocycles. The Bertz CT molecular complexity index is 806. The van der Waals surface area contributed by atoms with E-state index in [1.165, 1.54) is 6.39 Å². The first-order chi connectivity index (χ1) is 13.3. The fourth-order valence-electron chi connectivity index (χ4n) is 4.11. The molecule has 0 bridgehead atoms. The molecule has 4 heterocycles. The Hall–Kier alpha value is -2.22. The molecule has 2 aromatic rings. The van der Waals surface area contributed by atoms with E-state index in [1.807, 2.05) is 4.90 Å². The quantitative estimate of drug-likeness (QED) is 0.813. The Labute approximate surface area is 157 Å². The molecule has 0 N–H and O–H groups in total. The molecule has 8 heteroatoms. The summed E-state index contributed by atoms with van der Waals surface area (Å²) in [6.07, 6.45) is 8.17. The fourth-order valence-corrected chi connectivity index (χ4v) is 4.11.